The summed E-state index contributed by atoms with van der Waals surface area (Å²) in [7, 11) is 0. The fraction of sp³-hybridized carbons (Fsp3) is 0.286. The van der Waals surface area contributed by atoms with E-state index in [0.717, 1.165) is 5.56 Å². The summed E-state index contributed by atoms with van der Waals surface area (Å²) in [5, 5.41) is 0. The molecule has 0 saturated heterocycles. The van der Waals surface area contributed by atoms with E-state index in [1.165, 1.54) is 12.3 Å². The van der Waals surface area contributed by atoms with E-state index >= 15 is 0 Å². The van der Waals surface area contributed by atoms with Crippen LogP contribution in [0.15, 0.2) is 23.1 Å². The maximum Gasteiger partial charge on any atom is 0.247 e. The first-order valence-electron chi connectivity index (χ1n) is 3.06. The number of alkyl halides is 1. The first-order valence-corrected chi connectivity index (χ1v) is 3.06. The minimum absolute atomic E-state index is 0.150. The number of hydrogen-bond acceptors (Lipinski definition) is 1. The van der Waals surface area contributed by atoms with E-state index in [2.05, 4.69) is 4.98 Å². The molecule has 0 fully saturated rings. The van der Waals surface area contributed by atoms with Gasteiger partial charge in [-0.05, 0) is 5.56 Å². The SMILES string of the molecule is O=c1ccc(CCF)c[nH]1. The number of hydrogen-bond donors (Lipinski definition) is 1. The summed E-state index contributed by atoms with van der Waals surface area (Å²) in [5.74, 6) is 0. The average molecular weight is 141 g/mol. The molecular weight excluding hydrogens is 133 g/mol. The van der Waals surface area contributed by atoms with Gasteiger partial charge in [-0.15, -0.1) is 0 Å². The standard InChI is InChI=1S/C7H8FNO/c8-4-3-6-1-2-7(10)9-5-6/h1-2,5H,3-4H2,(H,9,10). The third kappa shape index (κ3) is 1.69. The molecule has 0 radical (unpaired) electrons. The number of pyridine rings is 1. The quantitative estimate of drug-likeness (QED) is 0.651. The van der Waals surface area contributed by atoms with Gasteiger partial charge in [-0.3, -0.25) is 9.18 Å². The molecule has 0 amide bonds. The zero-order valence-electron chi connectivity index (χ0n) is 5.43. The Morgan fingerprint density at radius 3 is 2.80 bits per heavy atom. The van der Waals surface area contributed by atoms with Crippen molar-refractivity contribution >= 4 is 0 Å². The van der Waals surface area contributed by atoms with Crippen LogP contribution >= 0.6 is 0 Å². The summed E-state index contributed by atoms with van der Waals surface area (Å²) in [4.78, 5) is 12.9. The molecule has 0 aliphatic rings. The van der Waals surface area contributed by atoms with E-state index in [9.17, 15) is 9.18 Å². The van der Waals surface area contributed by atoms with Gasteiger partial charge in [0.1, 0.15) is 0 Å². The normalized spacial score (nSPS) is 9.70. The van der Waals surface area contributed by atoms with Crippen molar-refractivity contribution in [3.05, 3.63) is 34.2 Å². The Morgan fingerprint density at radius 1 is 1.50 bits per heavy atom. The van der Waals surface area contributed by atoms with Crippen LogP contribution in [0.5, 0.6) is 0 Å². The second kappa shape index (κ2) is 3.15. The molecule has 54 valence electrons. The monoisotopic (exact) mass is 141 g/mol. The van der Waals surface area contributed by atoms with Gasteiger partial charge in [0.15, 0.2) is 0 Å². The molecule has 0 spiro atoms. The summed E-state index contributed by atoms with van der Waals surface area (Å²) in [6.07, 6.45) is 1.90. The van der Waals surface area contributed by atoms with Crippen LogP contribution in [0.1, 0.15) is 5.56 Å². The lowest BCUT2D eigenvalue weighted by Gasteiger charge is -1.92. The third-order valence-electron chi connectivity index (χ3n) is 1.23. The van der Waals surface area contributed by atoms with Gasteiger partial charge in [0.25, 0.3) is 0 Å². The van der Waals surface area contributed by atoms with Crippen LogP contribution in [-0.4, -0.2) is 11.7 Å². The molecule has 1 aromatic heterocycles. The van der Waals surface area contributed by atoms with Crippen LogP contribution in [0, 0.1) is 0 Å². The van der Waals surface area contributed by atoms with Crippen molar-refractivity contribution in [3.8, 4) is 0 Å². The van der Waals surface area contributed by atoms with Crippen LogP contribution in [0.25, 0.3) is 0 Å². The molecular formula is C7H8FNO. The Kier molecular flexibility index (Phi) is 2.20. The molecule has 0 atom stereocenters. The molecule has 3 heteroatoms. The minimum atomic E-state index is -0.383. The molecule has 0 aliphatic carbocycles. The van der Waals surface area contributed by atoms with Crippen molar-refractivity contribution in [1.29, 1.82) is 0 Å². The number of nitrogens with one attached hydrogen (secondary N) is 1. The lowest BCUT2D eigenvalue weighted by Crippen LogP contribution is -2.03. The van der Waals surface area contributed by atoms with E-state index < -0.39 is 0 Å². The highest BCUT2D eigenvalue weighted by atomic mass is 19.1. The van der Waals surface area contributed by atoms with Gasteiger partial charge in [0.05, 0.1) is 6.67 Å². The summed E-state index contributed by atoms with van der Waals surface area (Å²) in [5.41, 5.74) is 0.671. The molecule has 2 nitrogen and oxygen atoms in total. The number of aryl methyl sites for hydroxylation is 1. The zero-order chi connectivity index (χ0) is 7.40. The number of halogens is 1. The Labute approximate surface area is 57.7 Å². The van der Waals surface area contributed by atoms with Gasteiger partial charge in [-0.25, -0.2) is 0 Å². The van der Waals surface area contributed by atoms with Gasteiger partial charge in [-0.1, -0.05) is 6.07 Å². The highest BCUT2D eigenvalue weighted by Crippen LogP contribution is 1.93. The largest absolute Gasteiger partial charge is 0.329 e. The van der Waals surface area contributed by atoms with E-state index in [0.29, 0.717) is 6.42 Å². The summed E-state index contributed by atoms with van der Waals surface area (Å²) in [6, 6.07) is 3.02. The van der Waals surface area contributed by atoms with Crippen LogP contribution < -0.4 is 5.56 Å². The van der Waals surface area contributed by atoms with Gasteiger partial charge in [0.2, 0.25) is 5.56 Å². The first-order chi connectivity index (χ1) is 4.83. The molecule has 10 heavy (non-hydrogen) atoms. The van der Waals surface area contributed by atoms with Crippen molar-refractivity contribution in [3.63, 3.8) is 0 Å². The summed E-state index contributed by atoms with van der Waals surface area (Å²) in [6.45, 7) is -0.383. The van der Waals surface area contributed by atoms with Gasteiger partial charge < -0.3 is 4.98 Å². The second-order valence-corrected chi connectivity index (χ2v) is 2.00. The Morgan fingerprint density at radius 2 is 2.30 bits per heavy atom. The minimum Gasteiger partial charge on any atom is -0.329 e. The Hall–Kier alpha value is -1.12. The molecule has 0 bridgehead atoms. The number of aromatic amines is 1. The predicted octanol–water partition coefficient (Wildman–Crippen LogP) is 0.887. The smallest absolute Gasteiger partial charge is 0.247 e. The van der Waals surface area contributed by atoms with Crippen LogP contribution in [0.3, 0.4) is 0 Å². The molecule has 0 aliphatic heterocycles. The highest BCUT2D eigenvalue weighted by molar-refractivity contribution is 5.08. The lowest BCUT2D eigenvalue weighted by molar-refractivity contribution is 0.495. The predicted molar refractivity (Wildman–Crippen MR) is 36.7 cm³/mol. The Bertz CT molecular complexity index is 236. The first kappa shape index (κ1) is 6.99. The lowest BCUT2D eigenvalue weighted by atomic mass is 10.2. The van der Waals surface area contributed by atoms with Crippen molar-refractivity contribution < 1.29 is 4.39 Å². The summed E-state index contributed by atoms with van der Waals surface area (Å²) < 4.78 is 11.7. The van der Waals surface area contributed by atoms with Crippen molar-refractivity contribution in [2.24, 2.45) is 0 Å². The van der Waals surface area contributed by atoms with Crippen LogP contribution in [0.4, 0.5) is 4.39 Å². The number of aromatic nitrogens is 1. The van der Waals surface area contributed by atoms with Crippen LogP contribution in [0.2, 0.25) is 0 Å². The maximum atomic E-state index is 11.7. The highest BCUT2D eigenvalue weighted by Gasteiger charge is 1.89. The topological polar surface area (TPSA) is 32.9 Å². The van der Waals surface area contributed by atoms with Crippen molar-refractivity contribution in [1.82, 2.24) is 4.98 Å². The van der Waals surface area contributed by atoms with Gasteiger partial charge >= 0.3 is 0 Å². The van der Waals surface area contributed by atoms with E-state index in [1.807, 2.05) is 0 Å². The van der Waals surface area contributed by atoms with E-state index in [1.54, 1.807) is 6.07 Å². The molecule has 0 aromatic carbocycles. The summed E-state index contributed by atoms with van der Waals surface area (Å²) >= 11 is 0. The molecule has 1 rings (SSSR count). The second-order valence-electron chi connectivity index (χ2n) is 2.00. The Balaban J connectivity index is 2.79. The van der Waals surface area contributed by atoms with E-state index in [-0.39, 0.29) is 12.2 Å². The fourth-order valence-electron chi connectivity index (χ4n) is 0.707. The fourth-order valence-corrected chi connectivity index (χ4v) is 0.707. The maximum absolute atomic E-state index is 11.7. The molecule has 1 heterocycles. The molecule has 1 aromatic rings. The molecule has 0 saturated carbocycles. The van der Waals surface area contributed by atoms with Gasteiger partial charge in [0, 0.05) is 18.7 Å². The molecule has 1 N–H and O–H groups in total. The van der Waals surface area contributed by atoms with E-state index in [4.69, 9.17) is 0 Å². The molecule has 0 unspecified atom stereocenters. The average Bonchev–Trinajstić information content (AvgIpc) is 1.95. The zero-order valence-corrected chi connectivity index (χ0v) is 5.43. The third-order valence-corrected chi connectivity index (χ3v) is 1.23. The number of rotatable bonds is 2. The van der Waals surface area contributed by atoms with Gasteiger partial charge in [-0.2, -0.15) is 0 Å². The van der Waals surface area contributed by atoms with Crippen molar-refractivity contribution in [2.75, 3.05) is 6.67 Å². The van der Waals surface area contributed by atoms with Crippen molar-refractivity contribution in [2.45, 2.75) is 6.42 Å². The number of H-pyrrole nitrogens is 1. The van der Waals surface area contributed by atoms with Crippen LogP contribution in [-0.2, 0) is 6.42 Å².